The van der Waals surface area contributed by atoms with E-state index in [1.165, 1.54) is 13.0 Å². The summed E-state index contributed by atoms with van der Waals surface area (Å²) in [5, 5.41) is 10.4. The molecule has 0 fully saturated rings. The molecule has 0 aliphatic heterocycles. The fourth-order valence-corrected chi connectivity index (χ4v) is 1.48. The molecule has 0 radical (unpaired) electrons. The van der Waals surface area contributed by atoms with Gasteiger partial charge in [0, 0.05) is 11.6 Å². The summed E-state index contributed by atoms with van der Waals surface area (Å²) in [6.07, 6.45) is 0. The third kappa shape index (κ3) is 3.31. The molecule has 2 aromatic rings. The van der Waals surface area contributed by atoms with E-state index in [0.717, 1.165) is 12.1 Å². The summed E-state index contributed by atoms with van der Waals surface area (Å²) in [5.74, 6) is -0.954. The van der Waals surface area contributed by atoms with E-state index >= 15 is 0 Å². The van der Waals surface area contributed by atoms with Gasteiger partial charge >= 0.3 is 0 Å². The molecule has 0 amide bonds. The lowest BCUT2D eigenvalue weighted by Crippen LogP contribution is -2.11. The predicted molar refractivity (Wildman–Crippen MR) is 66.6 cm³/mol. The highest BCUT2D eigenvalue weighted by atomic mass is 19.1. The van der Waals surface area contributed by atoms with E-state index in [4.69, 9.17) is 0 Å². The van der Waals surface area contributed by atoms with Crippen LogP contribution in [0, 0.1) is 11.6 Å². The van der Waals surface area contributed by atoms with Gasteiger partial charge in [-0.3, -0.25) is 4.79 Å². The highest BCUT2D eigenvalue weighted by molar-refractivity contribution is 5.80. The monoisotopic (exact) mass is 263 g/mol. The Bertz CT molecular complexity index is 599. The Labute approximate surface area is 108 Å². The second-order valence-corrected chi connectivity index (χ2v) is 3.98. The fraction of sp³-hybridized carbons (Fsp3) is 0.154. The number of hydrogen-bond acceptors (Lipinski definition) is 4. The average molecular weight is 263 g/mol. The number of hydrogen-bond donors (Lipinski definition) is 1. The van der Waals surface area contributed by atoms with Crippen molar-refractivity contribution in [2.75, 3.05) is 11.9 Å². The van der Waals surface area contributed by atoms with Crippen molar-refractivity contribution in [3.05, 3.63) is 42.0 Å². The van der Waals surface area contributed by atoms with Crippen LogP contribution in [0.1, 0.15) is 6.92 Å². The van der Waals surface area contributed by atoms with Gasteiger partial charge in [0.25, 0.3) is 0 Å². The molecule has 98 valence electrons. The second-order valence-electron chi connectivity index (χ2n) is 3.98. The predicted octanol–water partition coefficient (Wildman–Crippen LogP) is 2.42. The Kier molecular flexibility index (Phi) is 3.79. The van der Waals surface area contributed by atoms with Gasteiger partial charge in [-0.2, -0.15) is 0 Å². The van der Waals surface area contributed by atoms with Crippen LogP contribution in [0.4, 0.5) is 14.6 Å². The first-order valence-electron chi connectivity index (χ1n) is 5.59. The van der Waals surface area contributed by atoms with Gasteiger partial charge in [-0.15, -0.1) is 10.2 Å². The quantitative estimate of drug-likeness (QED) is 0.920. The molecule has 1 heterocycles. The summed E-state index contributed by atoms with van der Waals surface area (Å²) >= 11 is 0. The van der Waals surface area contributed by atoms with Crippen molar-refractivity contribution >= 4 is 11.6 Å². The lowest BCUT2D eigenvalue weighted by molar-refractivity contribution is -0.115. The molecule has 1 aromatic heterocycles. The number of anilines is 1. The van der Waals surface area contributed by atoms with Crippen molar-refractivity contribution in [2.45, 2.75) is 6.92 Å². The molecule has 19 heavy (non-hydrogen) atoms. The van der Waals surface area contributed by atoms with Gasteiger partial charge in [-0.1, -0.05) is 0 Å². The highest BCUT2D eigenvalue weighted by Gasteiger charge is 2.08. The van der Waals surface area contributed by atoms with Gasteiger partial charge in [0.05, 0.1) is 12.2 Å². The maximum Gasteiger partial charge on any atom is 0.149 e. The first-order valence-corrected chi connectivity index (χ1v) is 5.59. The first-order chi connectivity index (χ1) is 9.06. The smallest absolute Gasteiger partial charge is 0.149 e. The molecule has 4 nitrogen and oxygen atoms in total. The zero-order valence-electron chi connectivity index (χ0n) is 10.2. The molecular weight excluding hydrogens is 252 g/mol. The number of nitrogens with zero attached hydrogens (tertiary/aromatic N) is 2. The van der Waals surface area contributed by atoms with E-state index < -0.39 is 11.6 Å². The Balaban J connectivity index is 2.20. The van der Waals surface area contributed by atoms with Crippen LogP contribution in [0.3, 0.4) is 0 Å². The molecule has 0 bridgehead atoms. The van der Waals surface area contributed by atoms with Gasteiger partial charge in [0.1, 0.15) is 23.2 Å². The molecular formula is C13H11F2N3O. The Hall–Kier alpha value is -2.37. The van der Waals surface area contributed by atoms with Gasteiger partial charge in [0.15, 0.2) is 0 Å². The van der Waals surface area contributed by atoms with Crippen molar-refractivity contribution in [3.8, 4) is 11.3 Å². The molecule has 1 aromatic carbocycles. The number of ketones is 1. The Morgan fingerprint density at radius 2 is 2.00 bits per heavy atom. The van der Waals surface area contributed by atoms with Gasteiger partial charge < -0.3 is 5.32 Å². The molecule has 0 atom stereocenters. The molecule has 0 aliphatic rings. The zero-order valence-corrected chi connectivity index (χ0v) is 10.2. The highest BCUT2D eigenvalue weighted by Crippen LogP contribution is 2.21. The van der Waals surface area contributed by atoms with Gasteiger partial charge in [-0.25, -0.2) is 8.78 Å². The van der Waals surface area contributed by atoms with Crippen molar-refractivity contribution < 1.29 is 13.6 Å². The van der Waals surface area contributed by atoms with E-state index in [9.17, 15) is 13.6 Å². The van der Waals surface area contributed by atoms with Crippen LogP contribution in [-0.2, 0) is 4.79 Å². The van der Waals surface area contributed by atoms with Gasteiger partial charge in [-0.05, 0) is 31.2 Å². The van der Waals surface area contributed by atoms with Crippen molar-refractivity contribution in [3.63, 3.8) is 0 Å². The van der Waals surface area contributed by atoms with E-state index in [0.29, 0.717) is 11.5 Å². The van der Waals surface area contributed by atoms with Crippen molar-refractivity contribution in [1.29, 1.82) is 0 Å². The summed E-state index contributed by atoms with van der Waals surface area (Å²) < 4.78 is 26.3. The number of carbonyl (C=O) groups is 1. The summed E-state index contributed by atoms with van der Waals surface area (Å²) in [5.41, 5.74) is 0.470. The fourth-order valence-electron chi connectivity index (χ4n) is 1.48. The Morgan fingerprint density at radius 1 is 1.21 bits per heavy atom. The molecule has 0 saturated carbocycles. The van der Waals surface area contributed by atoms with Crippen LogP contribution in [0.5, 0.6) is 0 Å². The minimum absolute atomic E-state index is 0.0320. The van der Waals surface area contributed by atoms with Crippen LogP contribution >= 0.6 is 0 Å². The van der Waals surface area contributed by atoms with Gasteiger partial charge in [0.2, 0.25) is 0 Å². The molecule has 0 unspecified atom stereocenters. The molecule has 6 heteroatoms. The van der Waals surface area contributed by atoms with Crippen molar-refractivity contribution in [1.82, 2.24) is 10.2 Å². The van der Waals surface area contributed by atoms with E-state index in [-0.39, 0.29) is 17.9 Å². The normalized spacial score (nSPS) is 10.3. The number of rotatable bonds is 4. The largest absolute Gasteiger partial charge is 0.362 e. The molecule has 2 rings (SSSR count). The zero-order chi connectivity index (χ0) is 13.8. The molecule has 0 spiro atoms. The molecule has 1 N–H and O–H groups in total. The minimum Gasteiger partial charge on any atom is -0.362 e. The van der Waals surface area contributed by atoms with Crippen LogP contribution < -0.4 is 5.32 Å². The maximum absolute atomic E-state index is 13.5. The summed E-state index contributed by atoms with van der Waals surface area (Å²) in [4.78, 5) is 10.8. The third-order valence-corrected chi connectivity index (χ3v) is 2.39. The van der Waals surface area contributed by atoms with E-state index in [2.05, 4.69) is 15.5 Å². The molecule has 0 saturated heterocycles. The van der Waals surface area contributed by atoms with Crippen molar-refractivity contribution in [2.24, 2.45) is 0 Å². The average Bonchev–Trinajstić information content (AvgIpc) is 2.37. The lowest BCUT2D eigenvalue weighted by Gasteiger charge is -2.04. The van der Waals surface area contributed by atoms with E-state index in [1.807, 2.05) is 0 Å². The van der Waals surface area contributed by atoms with E-state index in [1.54, 1.807) is 12.1 Å². The number of benzene rings is 1. The lowest BCUT2D eigenvalue weighted by atomic mass is 10.1. The first kappa shape index (κ1) is 13.1. The number of carbonyl (C=O) groups excluding carboxylic acids is 1. The summed E-state index contributed by atoms with van der Waals surface area (Å²) in [7, 11) is 0. The van der Waals surface area contributed by atoms with Crippen LogP contribution in [0.2, 0.25) is 0 Å². The number of nitrogens with one attached hydrogen (secondary N) is 1. The van der Waals surface area contributed by atoms with Crippen LogP contribution in [-0.4, -0.2) is 22.5 Å². The standard InChI is InChI=1S/C13H11F2N3O/c1-8(19)7-16-13-5-4-12(17-18-13)10-3-2-9(14)6-11(10)15/h2-6H,7H2,1H3,(H,16,18). The summed E-state index contributed by atoms with van der Waals surface area (Å²) in [6, 6.07) is 6.37. The van der Waals surface area contributed by atoms with Crippen LogP contribution in [0.25, 0.3) is 11.3 Å². The number of aromatic nitrogens is 2. The SMILES string of the molecule is CC(=O)CNc1ccc(-c2ccc(F)cc2F)nn1. The summed E-state index contributed by atoms with van der Waals surface area (Å²) in [6.45, 7) is 1.60. The third-order valence-electron chi connectivity index (χ3n) is 2.39. The van der Waals surface area contributed by atoms with Crippen LogP contribution in [0.15, 0.2) is 30.3 Å². The minimum atomic E-state index is -0.696. The topological polar surface area (TPSA) is 54.9 Å². The second kappa shape index (κ2) is 5.51. The number of halogens is 2. The maximum atomic E-state index is 13.5. The molecule has 0 aliphatic carbocycles. The number of Topliss-reactive ketones (excluding diaryl/α,β-unsaturated/α-hetero) is 1. The Morgan fingerprint density at radius 3 is 2.58 bits per heavy atom.